The molecule has 1 aromatic carbocycles. The normalized spacial score (nSPS) is 15.4. The van der Waals surface area contributed by atoms with Gasteiger partial charge in [-0.1, -0.05) is 11.6 Å². The number of carbonyl (C=O) groups is 2. The third-order valence-electron chi connectivity index (χ3n) is 3.40. The van der Waals surface area contributed by atoms with Gasteiger partial charge in [0.2, 0.25) is 5.91 Å². The number of carbonyl (C=O) groups excluding carboxylic acids is 2. The molecule has 1 aliphatic rings. The Hall–Kier alpha value is -1.60. The highest BCUT2D eigenvalue weighted by Crippen LogP contribution is 2.20. The molecule has 0 radical (unpaired) electrons. The first-order chi connectivity index (χ1) is 9.90. The van der Waals surface area contributed by atoms with Crippen LogP contribution < -0.4 is 0 Å². The molecule has 6 nitrogen and oxygen atoms in total. The Labute approximate surface area is 129 Å². The molecule has 1 heterocycles. The number of thiol groups is 1. The quantitative estimate of drug-likeness (QED) is 0.806. The Bertz CT molecular complexity index is 644. The van der Waals surface area contributed by atoms with Crippen LogP contribution in [0.1, 0.15) is 17.3 Å². The third kappa shape index (κ3) is 3.54. The lowest BCUT2D eigenvalue weighted by molar-refractivity contribution is -0.130. The Morgan fingerprint density at radius 1 is 1.10 bits per heavy atom. The molecule has 0 aromatic heterocycles. The van der Waals surface area contributed by atoms with Gasteiger partial charge in [-0.15, -0.1) is 0 Å². The fraction of sp³-hybridized carbons (Fsp3) is 0.385. The summed E-state index contributed by atoms with van der Waals surface area (Å²) in [5.74, 6) is -0.271. The summed E-state index contributed by atoms with van der Waals surface area (Å²) >= 11 is 5.78. The second-order valence-corrected chi connectivity index (χ2v) is 6.12. The van der Waals surface area contributed by atoms with Crippen molar-refractivity contribution in [2.24, 2.45) is 0 Å². The number of hydrogen-bond acceptors (Lipinski definition) is 4. The van der Waals surface area contributed by atoms with Crippen molar-refractivity contribution < 1.29 is 18.0 Å². The van der Waals surface area contributed by atoms with Crippen molar-refractivity contribution in [3.05, 3.63) is 28.8 Å². The first-order valence-electron chi connectivity index (χ1n) is 6.39. The molecule has 1 aromatic rings. The monoisotopic (exact) mass is 330 g/mol. The van der Waals surface area contributed by atoms with E-state index in [1.54, 1.807) is 9.80 Å². The van der Waals surface area contributed by atoms with Crippen molar-refractivity contribution in [1.29, 1.82) is 0 Å². The molecule has 1 fully saturated rings. The van der Waals surface area contributed by atoms with Crippen LogP contribution >= 0.6 is 11.6 Å². The lowest BCUT2D eigenvalue weighted by Crippen LogP contribution is -2.50. The summed E-state index contributed by atoms with van der Waals surface area (Å²) in [4.78, 5) is 26.8. The predicted octanol–water partition coefficient (Wildman–Crippen LogP) is 0.615. The number of nitrogens with zero attached hydrogens (tertiary/aromatic N) is 2. The Morgan fingerprint density at radius 2 is 1.67 bits per heavy atom. The molecule has 0 spiro atoms. The number of rotatable bonds is 2. The van der Waals surface area contributed by atoms with Gasteiger partial charge in [-0.05, 0) is 18.2 Å². The van der Waals surface area contributed by atoms with Crippen LogP contribution in [0.4, 0.5) is 0 Å². The minimum atomic E-state index is -2.85. The van der Waals surface area contributed by atoms with Gasteiger partial charge in [0.05, 0.1) is 9.92 Å². The molecule has 21 heavy (non-hydrogen) atoms. The van der Waals surface area contributed by atoms with Crippen molar-refractivity contribution in [1.82, 2.24) is 9.80 Å². The second-order valence-electron chi connectivity index (χ2n) is 4.72. The van der Waals surface area contributed by atoms with Gasteiger partial charge >= 0.3 is 0 Å². The zero-order valence-corrected chi connectivity index (χ0v) is 13.1. The maximum atomic E-state index is 12.3. The second kappa shape index (κ2) is 6.44. The van der Waals surface area contributed by atoms with Gasteiger partial charge in [-0.3, -0.25) is 9.59 Å². The standard InChI is InChI=1S/C13H15ClN2O4S/c1-9(17)15-4-6-16(7-5-15)13(18)10-2-3-11(14)12(8-10)21(19)20/h2-3,8,21H,4-7H2,1H3. The van der Waals surface area contributed by atoms with Gasteiger partial charge in [0, 0.05) is 38.7 Å². The number of halogens is 1. The number of benzene rings is 1. The minimum Gasteiger partial charge on any atom is -0.339 e. The van der Waals surface area contributed by atoms with Gasteiger partial charge in [0.15, 0.2) is 10.7 Å². The van der Waals surface area contributed by atoms with E-state index in [9.17, 15) is 18.0 Å². The van der Waals surface area contributed by atoms with Gasteiger partial charge in [0.1, 0.15) is 0 Å². The van der Waals surface area contributed by atoms with E-state index in [2.05, 4.69) is 0 Å². The van der Waals surface area contributed by atoms with E-state index in [4.69, 9.17) is 11.6 Å². The van der Waals surface area contributed by atoms with Crippen LogP contribution in [0, 0.1) is 0 Å². The first-order valence-corrected chi connectivity index (χ1v) is 7.94. The molecule has 0 N–H and O–H groups in total. The maximum absolute atomic E-state index is 12.3. The molecule has 2 rings (SSSR count). The lowest BCUT2D eigenvalue weighted by atomic mass is 10.2. The van der Waals surface area contributed by atoms with E-state index in [0.717, 1.165) is 0 Å². The minimum absolute atomic E-state index is 0.0146. The highest BCUT2D eigenvalue weighted by atomic mass is 35.5. The van der Waals surface area contributed by atoms with Crippen molar-refractivity contribution >= 4 is 34.1 Å². The fourth-order valence-corrected chi connectivity index (χ4v) is 3.01. The predicted molar refractivity (Wildman–Crippen MR) is 78.2 cm³/mol. The molecule has 114 valence electrons. The fourth-order valence-electron chi connectivity index (χ4n) is 2.19. The topological polar surface area (TPSA) is 74.8 Å². The maximum Gasteiger partial charge on any atom is 0.254 e. The molecule has 8 heteroatoms. The Morgan fingerprint density at radius 3 is 2.19 bits per heavy atom. The first kappa shape index (κ1) is 15.8. The van der Waals surface area contributed by atoms with Gasteiger partial charge in [0.25, 0.3) is 5.91 Å². The summed E-state index contributed by atoms with van der Waals surface area (Å²) in [5, 5.41) is 0.101. The van der Waals surface area contributed by atoms with Crippen molar-refractivity contribution in [2.45, 2.75) is 11.8 Å². The van der Waals surface area contributed by atoms with Gasteiger partial charge < -0.3 is 9.80 Å². The molecule has 0 bridgehead atoms. The summed E-state index contributed by atoms with van der Waals surface area (Å²) in [6.45, 7) is 3.32. The van der Waals surface area contributed by atoms with E-state index in [1.165, 1.54) is 25.1 Å². The molecule has 0 unspecified atom stereocenters. The van der Waals surface area contributed by atoms with Crippen LogP contribution in [0.15, 0.2) is 23.1 Å². The zero-order valence-electron chi connectivity index (χ0n) is 11.4. The smallest absolute Gasteiger partial charge is 0.254 e. The summed E-state index contributed by atoms with van der Waals surface area (Å²) < 4.78 is 22.1. The van der Waals surface area contributed by atoms with E-state index in [1.807, 2.05) is 0 Å². The van der Waals surface area contributed by atoms with E-state index < -0.39 is 10.7 Å². The van der Waals surface area contributed by atoms with Crippen molar-refractivity contribution in [3.8, 4) is 0 Å². The molecular formula is C13H15ClN2O4S. The zero-order chi connectivity index (χ0) is 15.6. The van der Waals surface area contributed by atoms with E-state index in [-0.39, 0.29) is 27.3 Å². The number of piperazine rings is 1. The van der Waals surface area contributed by atoms with Crippen LogP contribution in [0.5, 0.6) is 0 Å². The average Bonchev–Trinajstić information content (AvgIpc) is 2.46. The van der Waals surface area contributed by atoms with E-state index >= 15 is 0 Å². The van der Waals surface area contributed by atoms with Crippen LogP contribution in [0.2, 0.25) is 5.02 Å². The largest absolute Gasteiger partial charge is 0.339 e. The molecule has 0 atom stereocenters. The summed E-state index contributed by atoms with van der Waals surface area (Å²) in [6, 6.07) is 4.19. The highest BCUT2D eigenvalue weighted by Gasteiger charge is 2.23. The lowest BCUT2D eigenvalue weighted by Gasteiger charge is -2.34. The van der Waals surface area contributed by atoms with E-state index in [0.29, 0.717) is 26.2 Å². The molecule has 1 saturated heterocycles. The summed E-state index contributed by atoms with van der Waals surface area (Å²) in [5.41, 5.74) is 0.282. The van der Waals surface area contributed by atoms with Crippen molar-refractivity contribution in [3.63, 3.8) is 0 Å². The summed E-state index contributed by atoms with van der Waals surface area (Å²) in [6.07, 6.45) is 0. The third-order valence-corrected chi connectivity index (χ3v) is 4.63. The number of hydrogen-bond donors (Lipinski definition) is 1. The van der Waals surface area contributed by atoms with Crippen molar-refractivity contribution in [2.75, 3.05) is 26.2 Å². The molecule has 1 aliphatic heterocycles. The molecule has 0 aliphatic carbocycles. The highest BCUT2D eigenvalue weighted by molar-refractivity contribution is 7.72. The van der Waals surface area contributed by atoms with Gasteiger partial charge in [-0.2, -0.15) is 0 Å². The van der Waals surface area contributed by atoms with Crippen LogP contribution in [0.25, 0.3) is 0 Å². The average molecular weight is 331 g/mol. The van der Waals surface area contributed by atoms with Crippen LogP contribution in [0.3, 0.4) is 0 Å². The molecule has 0 saturated carbocycles. The molecular weight excluding hydrogens is 316 g/mol. The SMILES string of the molecule is CC(=O)N1CCN(C(=O)c2ccc(Cl)c([SH](=O)=O)c2)CC1. The molecule has 2 amide bonds. The van der Waals surface area contributed by atoms with Gasteiger partial charge in [-0.25, -0.2) is 8.42 Å². The van der Waals surface area contributed by atoms with Crippen LogP contribution in [-0.4, -0.2) is 56.2 Å². The number of amides is 2. The van der Waals surface area contributed by atoms with Crippen LogP contribution in [-0.2, 0) is 15.5 Å². The summed E-state index contributed by atoms with van der Waals surface area (Å²) in [7, 11) is -2.85. The Balaban J connectivity index is 2.14. The Kier molecular flexibility index (Phi) is 4.84.